The van der Waals surface area contributed by atoms with Gasteiger partial charge >= 0.3 is 6.18 Å². The van der Waals surface area contributed by atoms with E-state index >= 15 is 0 Å². The number of aliphatic hydroxyl groups is 1. The van der Waals surface area contributed by atoms with Gasteiger partial charge in [0.2, 0.25) is 5.91 Å². The second kappa shape index (κ2) is 19.8. The average Bonchev–Trinajstić information content (AvgIpc) is 3.27. The lowest BCUT2D eigenvalue weighted by Gasteiger charge is -2.35. The molecule has 3 amide bonds. The van der Waals surface area contributed by atoms with Crippen molar-refractivity contribution in [1.29, 1.82) is 5.26 Å². The number of carbonyl (C=O) groups is 3. The van der Waals surface area contributed by atoms with E-state index in [1.165, 1.54) is 47.4 Å². The number of aromatic amines is 1. The van der Waals surface area contributed by atoms with E-state index in [-0.39, 0.29) is 80.8 Å². The summed E-state index contributed by atoms with van der Waals surface area (Å²) in [6, 6.07) is 20.2. The number of aromatic nitrogens is 2. The molecule has 0 saturated carbocycles. The highest BCUT2D eigenvalue weighted by atomic mass is 32.2. The fourth-order valence-corrected chi connectivity index (χ4v) is 8.52. The normalized spacial score (nSPS) is 14.1. The molecule has 4 aromatic carbocycles. The largest absolute Gasteiger partial charge is 0.494 e. The molecule has 3 N–H and O–H groups in total. The van der Waals surface area contributed by atoms with Crippen LogP contribution in [0.3, 0.4) is 0 Å². The molecule has 1 atom stereocenters. The van der Waals surface area contributed by atoms with Gasteiger partial charge in [-0.05, 0) is 73.2 Å². The van der Waals surface area contributed by atoms with Crippen LogP contribution in [0.1, 0.15) is 52.5 Å². The number of H-pyrrole nitrogens is 1. The molecule has 0 unspecified atom stereocenters. The standard InChI is InChI=1S/C44H42F4N6O9S/c1-43(59,42(58)50-30-9-8-29(26-49)36(25-30)44(46,47)48)27-64(60,61)32-12-10-31(11-13-32)63-21-4-20-62-22-15-39(55)53-16-18-54(19-17-53)41(57)35-23-28(7-14-37(35)45)24-38-33-5-2-3-6-34(33)40(56)52-51-38/h2-3,5-14,23,25,59H,4,15-22,24,27H2,1H3,(H,50,58)(H,52,56)/t43-/m0/s1. The van der Waals surface area contributed by atoms with E-state index < -0.39 is 61.8 Å². The molecule has 20 heteroatoms. The van der Waals surface area contributed by atoms with Gasteiger partial charge < -0.3 is 29.7 Å². The van der Waals surface area contributed by atoms with Gasteiger partial charge in [0.05, 0.1) is 64.1 Å². The van der Waals surface area contributed by atoms with Crippen molar-refractivity contribution in [3.8, 4) is 11.8 Å². The van der Waals surface area contributed by atoms with Crippen molar-refractivity contribution < 1.29 is 54.9 Å². The number of piperazine rings is 1. The molecular formula is C44H42F4N6O9S. The van der Waals surface area contributed by atoms with Crippen molar-refractivity contribution in [2.45, 2.75) is 42.9 Å². The van der Waals surface area contributed by atoms with Crippen molar-refractivity contribution in [3.05, 3.63) is 129 Å². The van der Waals surface area contributed by atoms with Gasteiger partial charge in [0.25, 0.3) is 17.4 Å². The average molecular weight is 907 g/mol. The maximum atomic E-state index is 14.9. The number of hydrogen-bond acceptors (Lipinski definition) is 11. The Morgan fingerprint density at radius 3 is 2.30 bits per heavy atom. The number of amides is 3. The number of nitrogens with one attached hydrogen (secondary N) is 2. The lowest BCUT2D eigenvalue weighted by Crippen LogP contribution is -2.50. The van der Waals surface area contributed by atoms with Crippen molar-refractivity contribution in [2.75, 3.05) is 57.1 Å². The minimum absolute atomic E-state index is 0.0951. The second-order valence-electron chi connectivity index (χ2n) is 15.1. The smallest absolute Gasteiger partial charge is 0.417 e. The quantitative estimate of drug-likeness (QED) is 0.0899. The maximum Gasteiger partial charge on any atom is 0.417 e. The molecule has 1 fully saturated rings. The molecule has 0 aliphatic carbocycles. The predicted molar refractivity (Wildman–Crippen MR) is 224 cm³/mol. The molecule has 6 rings (SSSR count). The van der Waals surface area contributed by atoms with Gasteiger partial charge in [-0.25, -0.2) is 17.9 Å². The van der Waals surface area contributed by atoms with Crippen LogP contribution in [0.5, 0.6) is 5.75 Å². The summed E-state index contributed by atoms with van der Waals surface area (Å²) in [6.45, 7) is 2.41. The zero-order valence-electron chi connectivity index (χ0n) is 34.3. The number of nitrogens with zero attached hydrogens (tertiary/aromatic N) is 4. The molecule has 1 aromatic heterocycles. The number of hydrogen-bond donors (Lipinski definition) is 3. The highest BCUT2D eigenvalue weighted by molar-refractivity contribution is 7.91. The monoisotopic (exact) mass is 906 g/mol. The summed E-state index contributed by atoms with van der Waals surface area (Å²) < 4.78 is 92.2. The Labute approximate surface area is 364 Å². The Bertz CT molecular complexity index is 2750. The van der Waals surface area contributed by atoms with Gasteiger partial charge in [-0.2, -0.15) is 23.5 Å². The Hall–Kier alpha value is -6.69. The third kappa shape index (κ3) is 11.5. The number of halogens is 4. The van der Waals surface area contributed by atoms with Gasteiger partial charge in [-0.15, -0.1) is 0 Å². The Morgan fingerprint density at radius 2 is 1.61 bits per heavy atom. The predicted octanol–water partition coefficient (Wildman–Crippen LogP) is 4.87. The minimum atomic E-state index is -4.90. The highest BCUT2D eigenvalue weighted by Gasteiger charge is 2.38. The van der Waals surface area contributed by atoms with E-state index in [4.69, 9.17) is 14.7 Å². The van der Waals surface area contributed by atoms with Crippen molar-refractivity contribution in [3.63, 3.8) is 0 Å². The highest BCUT2D eigenvalue weighted by Crippen LogP contribution is 2.34. The van der Waals surface area contributed by atoms with Gasteiger partial charge in [0.15, 0.2) is 15.4 Å². The van der Waals surface area contributed by atoms with Crippen LogP contribution in [-0.4, -0.2) is 109 Å². The van der Waals surface area contributed by atoms with E-state index in [2.05, 4.69) is 15.5 Å². The topological polar surface area (TPSA) is 212 Å². The molecule has 0 radical (unpaired) electrons. The Kier molecular flexibility index (Phi) is 14.5. The first-order chi connectivity index (χ1) is 30.4. The van der Waals surface area contributed by atoms with Crippen LogP contribution in [-0.2, 0) is 36.8 Å². The number of ether oxygens (including phenoxy) is 2. The third-order valence-corrected chi connectivity index (χ3v) is 12.3. The Balaban J connectivity index is 0.886. The van der Waals surface area contributed by atoms with Crippen LogP contribution < -0.4 is 15.6 Å². The molecular weight excluding hydrogens is 865 g/mol. The molecule has 0 bridgehead atoms. The minimum Gasteiger partial charge on any atom is -0.494 e. The molecule has 336 valence electrons. The fourth-order valence-electron chi connectivity index (χ4n) is 6.93. The van der Waals surface area contributed by atoms with Crippen LogP contribution >= 0.6 is 0 Å². The summed E-state index contributed by atoms with van der Waals surface area (Å²) in [7, 11) is -4.28. The van der Waals surface area contributed by atoms with Crippen LogP contribution in [0.4, 0.5) is 23.2 Å². The molecule has 15 nitrogen and oxygen atoms in total. The number of sulfone groups is 1. The van der Waals surface area contributed by atoms with E-state index in [1.54, 1.807) is 35.2 Å². The first kappa shape index (κ1) is 46.8. The van der Waals surface area contributed by atoms with Crippen LogP contribution in [0, 0.1) is 17.1 Å². The number of anilines is 1. The SMILES string of the molecule is C[C@](O)(CS(=O)(=O)c1ccc(OCCCOCCC(=O)N2CCN(C(=O)c3cc(Cc4n[nH]c(=O)c5ccccc45)ccc3F)CC2)cc1)C(=O)Nc1ccc(C#N)c(C(F)(F)F)c1. The van der Waals surface area contributed by atoms with Gasteiger partial charge in [0, 0.05) is 56.7 Å². The molecule has 0 spiro atoms. The number of carbonyl (C=O) groups excluding carboxylic acids is 3. The molecule has 5 aromatic rings. The van der Waals surface area contributed by atoms with Gasteiger partial charge in [-0.3, -0.25) is 19.2 Å². The van der Waals surface area contributed by atoms with Crippen LogP contribution in [0.15, 0.2) is 94.6 Å². The van der Waals surface area contributed by atoms with Crippen molar-refractivity contribution in [1.82, 2.24) is 20.0 Å². The molecule has 64 heavy (non-hydrogen) atoms. The number of fused-ring (bicyclic) bond motifs is 1. The van der Waals surface area contributed by atoms with E-state index in [0.717, 1.165) is 19.1 Å². The number of rotatable bonds is 16. The zero-order chi connectivity index (χ0) is 46.2. The van der Waals surface area contributed by atoms with E-state index in [1.807, 2.05) is 0 Å². The van der Waals surface area contributed by atoms with Gasteiger partial charge in [-0.1, -0.05) is 24.3 Å². The van der Waals surface area contributed by atoms with E-state index in [0.29, 0.717) is 40.3 Å². The lowest BCUT2D eigenvalue weighted by molar-refractivity contribution is -0.138. The van der Waals surface area contributed by atoms with Crippen molar-refractivity contribution in [2.24, 2.45) is 0 Å². The summed E-state index contributed by atoms with van der Waals surface area (Å²) in [5.74, 6) is -3.40. The first-order valence-corrected chi connectivity index (χ1v) is 21.5. The molecule has 2 heterocycles. The second-order valence-corrected chi connectivity index (χ2v) is 17.1. The van der Waals surface area contributed by atoms with Crippen LogP contribution in [0.25, 0.3) is 10.8 Å². The first-order valence-electron chi connectivity index (χ1n) is 19.9. The maximum absolute atomic E-state index is 14.9. The number of alkyl halides is 3. The lowest BCUT2D eigenvalue weighted by atomic mass is 10.0. The van der Waals surface area contributed by atoms with Crippen LogP contribution in [0.2, 0.25) is 0 Å². The van der Waals surface area contributed by atoms with E-state index in [9.17, 15) is 50.3 Å². The summed E-state index contributed by atoms with van der Waals surface area (Å²) in [4.78, 5) is 54.0. The summed E-state index contributed by atoms with van der Waals surface area (Å²) in [6.07, 6.45) is -4.12. The molecule has 1 aliphatic rings. The molecule has 1 saturated heterocycles. The summed E-state index contributed by atoms with van der Waals surface area (Å²) in [5.41, 5.74) is -4.15. The van der Waals surface area contributed by atoms with Crippen molar-refractivity contribution >= 4 is 44.0 Å². The molecule has 1 aliphatic heterocycles. The summed E-state index contributed by atoms with van der Waals surface area (Å²) in [5, 5.41) is 29.5. The van der Waals surface area contributed by atoms with Gasteiger partial charge in [0.1, 0.15) is 11.6 Å². The number of nitriles is 1. The zero-order valence-corrected chi connectivity index (χ0v) is 35.1. The number of benzene rings is 4. The Morgan fingerprint density at radius 1 is 0.922 bits per heavy atom. The summed E-state index contributed by atoms with van der Waals surface area (Å²) >= 11 is 0. The fraction of sp³-hybridized carbons (Fsp3) is 0.318. The third-order valence-electron chi connectivity index (χ3n) is 10.3.